The van der Waals surface area contributed by atoms with Crippen LogP contribution in [0.25, 0.3) is 0 Å². The molecule has 4 aromatic carbocycles. The van der Waals surface area contributed by atoms with Crippen LogP contribution in [-0.4, -0.2) is 47.7 Å². The number of pyridine rings is 1. The van der Waals surface area contributed by atoms with Crippen molar-refractivity contribution < 1.29 is 29.0 Å². The Labute approximate surface area is 278 Å². The number of aromatic nitrogens is 1. The highest BCUT2D eigenvalue weighted by atomic mass is 35.5. The van der Waals surface area contributed by atoms with Gasteiger partial charge in [0.25, 0.3) is 0 Å². The number of ketones is 3. The predicted molar refractivity (Wildman–Crippen MR) is 182 cm³/mol. The molecule has 1 atom stereocenters. The minimum atomic E-state index is -1.72. The van der Waals surface area contributed by atoms with E-state index < -0.39 is 23.5 Å². The number of halogens is 1. The summed E-state index contributed by atoms with van der Waals surface area (Å²) in [6.07, 6.45) is -0.141. The van der Waals surface area contributed by atoms with Gasteiger partial charge in [-0.2, -0.15) is 0 Å². The Morgan fingerprint density at radius 2 is 1.38 bits per heavy atom. The molecular weight excluding hydrogens is 616 g/mol. The van der Waals surface area contributed by atoms with Gasteiger partial charge >= 0.3 is 0 Å². The Balaban J connectivity index is 1.51. The number of hydrogen-bond acceptors (Lipinski definition) is 8. The summed E-state index contributed by atoms with van der Waals surface area (Å²) in [6, 6.07) is 28.1. The number of carbonyl (C=O) groups excluding carboxylic acids is 3. The molecule has 0 saturated heterocycles. The molecule has 1 N–H and O–H groups in total. The van der Waals surface area contributed by atoms with Gasteiger partial charge in [0.05, 0.1) is 25.1 Å². The van der Waals surface area contributed by atoms with Crippen LogP contribution in [-0.2, 0) is 0 Å². The monoisotopic (exact) mass is 648 g/mol. The average molecular weight is 649 g/mol. The number of anilines is 2. The zero-order valence-corrected chi connectivity index (χ0v) is 26.9. The second-order valence-corrected chi connectivity index (χ2v) is 11.0. The maximum Gasteiger partial charge on any atom is 0.211 e. The van der Waals surface area contributed by atoms with Crippen molar-refractivity contribution in [1.29, 1.82) is 0 Å². The predicted octanol–water partition coefficient (Wildman–Crippen LogP) is 7.68. The molecule has 5 aromatic rings. The number of aliphatic hydroxyl groups is 1. The van der Waals surface area contributed by atoms with E-state index in [0.29, 0.717) is 29.7 Å². The third-order valence-corrected chi connectivity index (χ3v) is 7.80. The first kappa shape index (κ1) is 33.1. The molecule has 0 aliphatic heterocycles. The number of Topliss-reactive ketones (excluding diaryl/α,β-unsaturated/α-hetero) is 1. The third-order valence-electron chi connectivity index (χ3n) is 7.55. The van der Waals surface area contributed by atoms with E-state index in [-0.39, 0.29) is 33.5 Å². The minimum Gasteiger partial charge on any atom is -0.490 e. The largest absolute Gasteiger partial charge is 0.490 e. The van der Waals surface area contributed by atoms with Crippen molar-refractivity contribution >= 4 is 40.3 Å². The van der Waals surface area contributed by atoms with Crippen molar-refractivity contribution in [1.82, 2.24) is 4.98 Å². The van der Waals surface area contributed by atoms with Crippen LogP contribution >= 0.6 is 11.6 Å². The van der Waals surface area contributed by atoms with Crippen LogP contribution in [0.1, 0.15) is 67.8 Å². The van der Waals surface area contributed by atoms with E-state index in [1.807, 2.05) is 37.9 Å². The number of aliphatic hydroxyl groups excluding tert-OH is 1. The molecule has 5 rings (SSSR count). The zero-order valence-electron chi connectivity index (χ0n) is 26.1. The molecule has 0 fully saturated rings. The van der Waals surface area contributed by atoms with Gasteiger partial charge in [-0.25, -0.2) is 0 Å². The second kappa shape index (κ2) is 14.9. The second-order valence-electron chi connectivity index (χ2n) is 10.6. The SMILES string of the molecule is CCOc1ccc(C(=O)c2ccc(C(=O)c3ccc(N(C)c4ccc(Cl)cc4)cn3)cc2C(O)C(=O)c2ccccc2)cc1OCC. The molecular formula is C38H33ClN2O6. The van der Waals surface area contributed by atoms with Crippen molar-refractivity contribution in [2.45, 2.75) is 20.0 Å². The maximum atomic E-state index is 13.9. The zero-order chi connectivity index (χ0) is 33.5. The number of carbonyl (C=O) groups is 3. The normalized spacial score (nSPS) is 11.4. The Kier molecular flexibility index (Phi) is 10.5. The fourth-order valence-corrected chi connectivity index (χ4v) is 5.19. The van der Waals surface area contributed by atoms with Crippen LogP contribution in [0.4, 0.5) is 11.4 Å². The van der Waals surface area contributed by atoms with Crippen LogP contribution in [0.5, 0.6) is 11.5 Å². The van der Waals surface area contributed by atoms with Gasteiger partial charge in [-0.05, 0) is 80.6 Å². The lowest BCUT2D eigenvalue weighted by Gasteiger charge is -2.19. The Morgan fingerprint density at radius 1 is 0.745 bits per heavy atom. The van der Waals surface area contributed by atoms with E-state index in [1.165, 1.54) is 18.2 Å². The first-order valence-corrected chi connectivity index (χ1v) is 15.4. The number of nitrogens with zero attached hydrogens (tertiary/aromatic N) is 2. The highest BCUT2D eigenvalue weighted by Crippen LogP contribution is 2.32. The summed E-state index contributed by atoms with van der Waals surface area (Å²) < 4.78 is 11.3. The summed E-state index contributed by atoms with van der Waals surface area (Å²) in [7, 11) is 1.87. The minimum absolute atomic E-state index is 0.000592. The van der Waals surface area contributed by atoms with Crippen LogP contribution in [0.15, 0.2) is 109 Å². The summed E-state index contributed by atoms with van der Waals surface area (Å²) in [5, 5.41) is 12.0. The van der Waals surface area contributed by atoms with Crippen LogP contribution in [0.2, 0.25) is 5.02 Å². The summed E-state index contributed by atoms with van der Waals surface area (Å²) in [4.78, 5) is 47.2. The van der Waals surface area contributed by atoms with Gasteiger partial charge < -0.3 is 19.5 Å². The number of ether oxygens (including phenoxy) is 2. The summed E-state index contributed by atoms with van der Waals surface area (Å²) >= 11 is 6.02. The number of benzene rings is 4. The first-order valence-electron chi connectivity index (χ1n) is 15.1. The molecule has 0 aliphatic carbocycles. The first-order chi connectivity index (χ1) is 22.7. The van der Waals surface area contributed by atoms with Crippen molar-refractivity contribution in [3.05, 3.63) is 148 Å². The molecule has 0 amide bonds. The molecule has 8 nitrogen and oxygen atoms in total. The van der Waals surface area contributed by atoms with Gasteiger partial charge in [0.2, 0.25) is 5.78 Å². The van der Waals surface area contributed by atoms with Crippen molar-refractivity contribution in [2.24, 2.45) is 0 Å². The summed E-state index contributed by atoms with van der Waals surface area (Å²) in [5.41, 5.74) is 2.54. The molecule has 1 unspecified atom stereocenters. The molecule has 1 aromatic heterocycles. The van der Waals surface area contributed by atoms with Gasteiger partial charge in [0.15, 0.2) is 23.1 Å². The number of hydrogen-bond donors (Lipinski definition) is 1. The van der Waals surface area contributed by atoms with E-state index in [9.17, 15) is 19.5 Å². The molecule has 0 radical (unpaired) electrons. The topological polar surface area (TPSA) is 106 Å². The Morgan fingerprint density at radius 3 is 2.04 bits per heavy atom. The Bertz CT molecular complexity index is 1890. The summed E-state index contributed by atoms with van der Waals surface area (Å²) in [5.74, 6) is -0.630. The molecule has 0 aliphatic rings. The lowest BCUT2D eigenvalue weighted by molar-refractivity contribution is 0.0744. The van der Waals surface area contributed by atoms with Gasteiger partial charge in [-0.1, -0.05) is 48.0 Å². The quantitative estimate of drug-likeness (QED) is 0.130. The van der Waals surface area contributed by atoms with Crippen molar-refractivity contribution in [2.75, 3.05) is 25.2 Å². The fourth-order valence-electron chi connectivity index (χ4n) is 5.07. The smallest absolute Gasteiger partial charge is 0.211 e. The molecule has 47 heavy (non-hydrogen) atoms. The molecule has 0 saturated carbocycles. The average Bonchev–Trinajstić information content (AvgIpc) is 3.11. The highest BCUT2D eigenvalue weighted by Gasteiger charge is 2.27. The van der Waals surface area contributed by atoms with Crippen LogP contribution in [0, 0.1) is 0 Å². The molecule has 1 heterocycles. The standard InChI is InChI=1S/C38H33ClN2O6/c1-4-46-33-20-12-26(22-34(33)47-5-2)35(42)30-18-11-25(21-31(30)38(45)37(44)24-9-7-6-8-10-24)36(43)32-19-17-29(23-40-32)41(3)28-15-13-27(39)14-16-28/h6-23,38,45H,4-5H2,1-3H3. The number of rotatable bonds is 13. The molecule has 0 spiro atoms. The molecule has 238 valence electrons. The van der Waals surface area contributed by atoms with Crippen molar-refractivity contribution in [3.63, 3.8) is 0 Å². The van der Waals surface area contributed by atoms with Crippen molar-refractivity contribution in [3.8, 4) is 11.5 Å². The lowest BCUT2D eigenvalue weighted by Crippen LogP contribution is -2.18. The van der Waals surface area contributed by atoms with Gasteiger partial charge in [-0.3, -0.25) is 19.4 Å². The fraction of sp³-hybridized carbons (Fsp3) is 0.158. The molecule has 0 bridgehead atoms. The maximum absolute atomic E-state index is 13.9. The van der Waals surface area contributed by atoms with E-state index in [2.05, 4.69) is 4.98 Å². The van der Waals surface area contributed by atoms with E-state index >= 15 is 0 Å². The Hall–Kier alpha value is -5.31. The highest BCUT2D eigenvalue weighted by molar-refractivity contribution is 6.30. The summed E-state index contributed by atoms with van der Waals surface area (Å²) in [6.45, 7) is 4.44. The van der Waals surface area contributed by atoms with E-state index in [0.717, 1.165) is 11.4 Å². The van der Waals surface area contributed by atoms with Gasteiger partial charge in [0.1, 0.15) is 11.8 Å². The van der Waals surface area contributed by atoms with E-state index in [1.54, 1.807) is 79.0 Å². The molecule has 9 heteroatoms. The van der Waals surface area contributed by atoms with Gasteiger partial charge in [-0.15, -0.1) is 0 Å². The van der Waals surface area contributed by atoms with Crippen LogP contribution < -0.4 is 14.4 Å². The lowest BCUT2D eigenvalue weighted by atomic mass is 9.89. The van der Waals surface area contributed by atoms with E-state index in [4.69, 9.17) is 21.1 Å². The third kappa shape index (κ3) is 7.41. The van der Waals surface area contributed by atoms with Crippen LogP contribution in [0.3, 0.4) is 0 Å². The van der Waals surface area contributed by atoms with Gasteiger partial charge in [0, 0.05) is 45.6 Å².